The summed E-state index contributed by atoms with van der Waals surface area (Å²) in [6.07, 6.45) is 0. The van der Waals surface area contributed by atoms with Gasteiger partial charge >= 0.3 is 0 Å². The zero-order valence-electron chi connectivity index (χ0n) is 15.1. The van der Waals surface area contributed by atoms with E-state index in [9.17, 15) is 9.59 Å². The van der Waals surface area contributed by atoms with E-state index in [1.54, 1.807) is 6.07 Å². The molecule has 0 fully saturated rings. The second kappa shape index (κ2) is 8.37. The number of nitrogens with one attached hydrogen (secondary N) is 3. The quantitative estimate of drug-likeness (QED) is 0.723. The molecule has 1 aromatic heterocycles. The highest BCUT2D eigenvalue weighted by Gasteiger charge is 2.15. The Hall–Kier alpha value is -2.76. The molecule has 0 unspecified atom stereocenters. The Morgan fingerprint density at radius 3 is 2.64 bits per heavy atom. The number of ether oxygens (including phenoxy) is 1. The van der Waals surface area contributed by atoms with Crippen molar-refractivity contribution in [3.8, 4) is 5.75 Å². The Labute approximate surface area is 148 Å². The van der Waals surface area contributed by atoms with E-state index >= 15 is 0 Å². The average Bonchev–Trinajstić information content (AvgIpc) is 2.92. The van der Waals surface area contributed by atoms with Crippen LogP contribution in [0.2, 0.25) is 0 Å². The van der Waals surface area contributed by atoms with Gasteiger partial charge in [-0.15, -0.1) is 0 Å². The number of aryl methyl sites for hydroxylation is 2. The lowest BCUT2D eigenvalue weighted by Gasteiger charge is -2.15. The summed E-state index contributed by atoms with van der Waals surface area (Å²) in [5.41, 5.74) is 3.35. The lowest BCUT2D eigenvalue weighted by Crippen LogP contribution is -2.28. The number of aromatic amines is 1. The Balaban J connectivity index is 2.00. The van der Waals surface area contributed by atoms with Gasteiger partial charge in [-0.25, -0.2) is 0 Å². The number of H-pyrrole nitrogens is 1. The summed E-state index contributed by atoms with van der Waals surface area (Å²) >= 11 is 0. The molecule has 0 aliphatic heterocycles. The molecule has 25 heavy (non-hydrogen) atoms. The molecule has 6 nitrogen and oxygen atoms in total. The van der Waals surface area contributed by atoms with Crippen molar-refractivity contribution in [3.63, 3.8) is 0 Å². The zero-order chi connectivity index (χ0) is 18.4. The normalized spacial score (nSPS) is 11.7. The maximum atomic E-state index is 12.4. The molecule has 1 aromatic carbocycles. The molecule has 1 heterocycles. The number of hydrogen-bond acceptors (Lipinski definition) is 3. The van der Waals surface area contributed by atoms with Crippen LogP contribution in [0.4, 0.5) is 0 Å². The number of benzene rings is 1. The lowest BCUT2D eigenvalue weighted by molar-refractivity contribution is -0.122. The molecule has 0 bridgehead atoms. The molecule has 3 N–H and O–H groups in total. The molecule has 2 aromatic rings. The van der Waals surface area contributed by atoms with E-state index in [1.165, 1.54) is 0 Å². The van der Waals surface area contributed by atoms with Crippen LogP contribution in [-0.2, 0) is 4.79 Å². The van der Waals surface area contributed by atoms with E-state index in [0.717, 1.165) is 16.8 Å². The fourth-order valence-electron chi connectivity index (χ4n) is 2.59. The number of carbonyl (C=O) groups excluding carboxylic acids is 2. The number of amides is 2. The van der Waals surface area contributed by atoms with Gasteiger partial charge in [0, 0.05) is 12.2 Å². The van der Waals surface area contributed by atoms with Crippen LogP contribution >= 0.6 is 0 Å². The van der Waals surface area contributed by atoms with E-state index in [4.69, 9.17) is 4.74 Å². The minimum atomic E-state index is -0.191. The summed E-state index contributed by atoms with van der Waals surface area (Å²) in [5, 5.41) is 5.65. The van der Waals surface area contributed by atoms with Gasteiger partial charge in [0.05, 0.1) is 6.04 Å². The minimum absolute atomic E-state index is 0.0288. The van der Waals surface area contributed by atoms with Crippen LogP contribution < -0.4 is 15.4 Å². The fraction of sp³-hybridized carbons (Fsp3) is 0.368. The van der Waals surface area contributed by atoms with Gasteiger partial charge in [-0.05, 0) is 57.0 Å². The number of hydrogen-bond donors (Lipinski definition) is 3. The van der Waals surface area contributed by atoms with Crippen LogP contribution in [0.5, 0.6) is 5.75 Å². The zero-order valence-corrected chi connectivity index (χ0v) is 15.1. The summed E-state index contributed by atoms with van der Waals surface area (Å²) in [5.74, 6) is 0.287. The topological polar surface area (TPSA) is 83.2 Å². The average molecular weight is 343 g/mol. The molecule has 2 amide bonds. The van der Waals surface area contributed by atoms with Crippen molar-refractivity contribution in [2.24, 2.45) is 0 Å². The van der Waals surface area contributed by atoms with Crippen molar-refractivity contribution in [2.45, 2.75) is 33.7 Å². The van der Waals surface area contributed by atoms with Crippen LogP contribution in [-0.4, -0.2) is 29.9 Å². The Bertz CT molecular complexity index is 752. The summed E-state index contributed by atoms with van der Waals surface area (Å²) < 4.78 is 5.49. The summed E-state index contributed by atoms with van der Waals surface area (Å²) in [7, 11) is 0. The standard InChI is InChI=1S/C19H25N3O3/c1-5-20-17(23)11-25-16-8-6-7-15(10-16)14(4)22-19(24)18-12(2)9-13(3)21-18/h6-10,14,21H,5,11H2,1-4H3,(H,20,23)(H,22,24)/t14-/m1/s1. The highest BCUT2D eigenvalue weighted by atomic mass is 16.5. The first-order valence-electron chi connectivity index (χ1n) is 8.37. The van der Waals surface area contributed by atoms with E-state index in [-0.39, 0.29) is 24.5 Å². The van der Waals surface area contributed by atoms with Crippen LogP contribution in [0.25, 0.3) is 0 Å². The summed E-state index contributed by atoms with van der Waals surface area (Å²) in [4.78, 5) is 27.0. The first kappa shape index (κ1) is 18.6. The maximum absolute atomic E-state index is 12.4. The Morgan fingerprint density at radius 2 is 2.00 bits per heavy atom. The van der Waals surface area contributed by atoms with Gasteiger partial charge in [0.15, 0.2) is 6.61 Å². The maximum Gasteiger partial charge on any atom is 0.268 e. The molecule has 0 saturated carbocycles. The van der Waals surface area contributed by atoms with Gasteiger partial charge in [0.2, 0.25) is 0 Å². The number of aromatic nitrogens is 1. The van der Waals surface area contributed by atoms with E-state index in [0.29, 0.717) is 18.0 Å². The Morgan fingerprint density at radius 1 is 1.24 bits per heavy atom. The molecule has 0 saturated heterocycles. The van der Waals surface area contributed by atoms with E-state index < -0.39 is 0 Å². The van der Waals surface area contributed by atoms with E-state index in [1.807, 2.05) is 52.0 Å². The highest BCUT2D eigenvalue weighted by molar-refractivity contribution is 5.94. The predicted molar refractivity (Wildman–Crippen MR) is 96.8 cm³/mol. The number of likely N-dealkylation sites (N-methyl/N-ethyl adjacent to an activating group) is 1. The van der Waals surface area contributed by atoms with Crippen molar-refractivity contribution < 1.29 is 14.3 Å². The molecule has 0 spiro atoms. The second-order valence-electron chi connectivity index (χ2n) is 6.02. The van der Waals surface area contributed by atoms with Crippen molar-refractivity contribution in [3.05, 3.63) is 52.8 Å². The molecule has 2 rings (SSSR count). The largest absolute Gasteiger partial charge is 0.484 e. The summed E-state index contributed by atoms with van der Waals surface area (Å²) in [6.45, 7) is 8.13. The summed E-state index contributed by atoms with van der Waals surface area (Å²) in [6, 6.07) is 9.12. The third-order valence-electron chi connectivity index (χ3n) is 3.83. The minimum Gasteiger partial charge on any atom is -0.484 e. The number of rotatable bonds is 7. The molecular formula is C19H25N3O3. The van der Waals surface area contributed by atoms with Crippen LogP contribution in [0.3, 0.4) is 0 Å². The van der Waals surface area contributed by atoms with Gasteiger partial charge in [-0.3, -0.25) is 9.59 Å². The third-order valence-corrected chi connectivity index (χ3v) is 3.83. The van der Waals surface area contributed by atoms with Gasteiger partial charge in [-0.2, -0.15) is 0 Å². The molecule has 0 aliphatic carbocycles. The van der Waals surface area contributed by atoms with Crippen molar-refractivity contribution in [1.82, 2.24) is 15.6 Å². The predicted octanol–water partition coefficient (Wildman–Crippen LogP) is 2.64. The van der Waals surface area contributed by atoms with Crippen LogP contribution in [0, 0.1) is 13.8 Å². The lowest BCUT2D eigenvalue weighted by atomic mass is 10.1. The van der Waals surface area contributed by atoms with Crippen LogP contribution in [0.1, 0.15) is 47.2 Å². The third kappa shape index (κ3) is 5.11. The molecule has 0 radical (unpaired) electrons. The SMILES string of the molecule is CCNC(=O)COc1cccc([C@@H](C)NC(=O)c2[nH]c(C)cc2C)c1. The highest BCUT2D eigenvalue weighted by Crippen LogP contribution is 2.20. The van der Waals surface area contributed by atoms with E-state index in [2.05, 4.69) is 15.6 Å². The molecular weight excluding hydrogens is 318 g/mol. The molecule has 6 heteroatoms. The van der Waals surface area contributed by atoms with Crippen molar-refractivity contribution in [2.75, 3.05) is 13.2 Å². The van der Waals surface area contributed by atoms with Crippen molar-refractivity contribution >= 4 is 11.8 Å². The van der Waals surface area contributed by atoms with Crippen LogP contribution in [0.15, 0.2) is 30.3 Å². The molecule has 1 atom stereocenters. The van der Waals surface area contributed by atoms with Gasteiger partial charge in [0.1, 0.15) is 11.4 Å². The number of carbonyl (C=O) groups is 2. The molecule has 0 aliphatic rings. The smallest absolute Gasteiger partial charge is 0.268 e. The fourth-order valence-corrected chi connectivity index (χ4v) is 2.59. The van der Waals surface area contributed by atoms with Gasteiger partial charge in [-0.1, -0.05) is 12.1 Å². The Kier molecular flexibility index (Phi) is 6.22. The van der Waals surface area contributed by atoms with Gasteiger partial charge < -0.3 is 20.4 Å². The van der Waals surface area contributed by atoms with Gasteiger partial charge in [0.25, 0.3) is 11.8 Å². The monoisotopic (exact) mass is 343 g/mol. The molecule has 134 valence electrons. The van der Waals surface area contributed by atoms with Crippen molar-refractivity contribution in [1.29, 1.82) is 0 Å². The first-order valence-corrected chi connectivity index (χ1v) is 8.37. The second-order valence-corrected chi connectivity index (χ2v) is 6.02. The first-order chi connectivity index (χ1) is 11.9.